The molecule has 4 aromatic rings. The number of benzene rings is 3. The summed E-state index contributed by atoms with van der Waals surface area (Å²) in [4.78, 5) is 17.0. The predicted molar refractivity (Wildman–Crippen MR) is 105 cm³/mol. The average molecular weight is 359 g/mol. The Hall–Kier alpha value is -3.60. The van der Waals surface area contributed by atoms with Gasteiger partial charge in [-0.1, -0.05) is 48.5 Å². The van der Waals surface area contributed by atoms with E-state index in [1.807, 2.05) is 42.5 Å². The van der Waals surface area contributed by atoms with Crippen LogP contribution in [0.15, 0.2) is 60.7 Å². The van der Waals surface area contributed by atoms with Crippen molar-refractivity contribution >= 4 is 27.8 Å². The molecule has 27 heavy (non-hydrogen) atoms. The molecule has 5 heteroatoms. The summed E-state index contributed by atoms with van der Waals surface area (Å²) in [7, 11) is 3.10. The van der Waals surface area contributed by atoms with Gasteiger partial charge in [0.25, 0.3) is 0 Å². The van der Waals surface area contributed by atoms with Crippen molar-refractivity contribution in [1.82, 2.24) is 4.98 Å². The lowest BCUT2D eigenvalue weighted by Gasteiger charge is -2.18. The van der Waals surface area contributed by atoms with Gasteiger partial charge in [-0.3, -0.25) is 0 Å². The largest absolute Gasteiger partial charge is 0.493 e. The zero-order chi connectivity index (χ0) is 19.0. The number of nitrogens with zero attached hydrogens (tertiary/aromatic N) is 1. The quantitative estimate of drug-likeness (QED) is 0.532. The summed E-state index contributed by atoms with van der Waals surface area (Å²) < 4.78 is 11.1. The smallest absolute Gasteiger partial charge is 0.337 e. The van der Waals surface area contributed by atoms with Crippen LogP contribution >= 0.6 is 0 Å². The molecule has 0 amide bonds. The minimum Gasteiger partial charge on any atom is -0.493 e. The highest BCUT2D eigenvalue weighted by Crippen LogP contribution is 2.45. The minimum atomic E-state index is -1.01. The van der Waals surface area contributed by atoms with E-state index in [0.717, 1.165) is 5.56 Å². The number of carboxylic acid groups (broad SMARTS) is 1. The molecule has 0 atom stereocenters. The van der Waals surface area contributed by atoms with Crippen LogP contribution in [0, 0.1) is 0 Å². The number of aromatic carboxylic acids is 1. The number of ether oxygens (including phenoxy) is 2. The van der Waals surface area contributed by atoms with Crippen LogP contribution in [0.5, 0.6) is 11.5 Å². The highest BCUT2D eigenvalue weighted by atomic mass is 16.5. The van der Waals surface area contributed by atoms with Gasteiger partial charge < -0.3 is 14.6 Å². The van der Waals surface area contributed by atoms with Gasteiger partial charge in [0, 0.05) is 22.4 Å². The van der Waals surface area contributed by atoms with Crippen LogP contribution in [0.4, 0.5) is 0 Å². The van der Waals surface area contributed by atoms with Gasteiger partial charge in [-0.25, -0.2) is 9.78 Å². The third kappa shape index (κ3) is 2.64. The van der Waals surface area contributed by atoms with Gasteiger partial charge in [-0.05, 0) is 11.6 Å². The molecular weight excluding hydrogens is 342 g/mol. The van der Waals surface area contributed by atoms with Crippen LogP contribution in [-0.2, 0) is 0 Å². The molecule has 5 nitrogen and oxygen atoms in total. The van der Waals surface area contributed by atoms with E-state index in [1.54, 1.807) is 32.4 Å². The van der Waals surface area contributed by atoms with Crippen LogP contribution in [0.1, 0.15) is 10.4 Å². The third-order valence-electron chi connectivity index (χ3n) is 4.59. The van der Waals surface area contributed by atoms with Gasteiger partial charge in [-0.2, -0.15) is 0 Å². The first kappa shape index (κ1) is 16.8. The van der Waals surface area contributed by atoms with Crippen molar-refractivity contribution in [3.63, 3.8) is 0 Å². The monoisotopic (exact) mass is 359 g/mol. The lowest BCUT2D eigenvalue weighted by atomic mass is 9.93. The Morgan fingerprint density at radius 2 is 1.63 bits per heavy atom. The molecule has 4 rings (SSSR count). The maximum absolute atomic E-state index is 12.3. The van der Waals surface area contributed by atoms with Crippen molar-refractivity contribution in [2.24, 2.45) is 0 Å². The number of pyridine rings is 1. The number of aromatic nitrogens is 1. The zero-order valence-corrected chi connectivity index (χ0v) is 14.9. The normalized spacial score (nSPS) is 10.9. The molecule has 0 unspecified atom stereocenters. The van der Waals surface area contributed by atoms with Gasteiger partial charge in [0.1, 0.15) is 0 Å². The number of carboxylic acids is 1. The Balaban J connectivity index is 2.30. The summed E-state index contributed by atoms with van der Waals surface area (Å²) in [5.41, 5.74) is 2.85. The molecule has 134 valence electrons. The van der Waals surface area contributed by atoms with Gasteiger partial charge in [0.2, 0.25) is 0 Å². The second-order valence-corrected chi connectivity index (χ2v) is 6.06. The molecule has 0 aliphatic carbocycles. The molecule has 1 aromatic heterocycles. The maximum atomic E-state index is 12.3. The Morgan fingerprint density at radius 1 is 0.926 bits per heavy atom. The van der Waals surface area contributed by atoms with Crippen LogP contribution in [0.2, 0.25) is 0 Å². The molecular formula is C22H17NO4. The molecule has 0 saturated carbocycles. The van der Waals surface area contributed by atoms with Crippen molar-refractivity contribution in [1.29, 1.82) is 0 Å². The molecule has 1 N–H and O–H groups in total. The molecule has 0 spiro atoms. The van der Waals surface area contributed by atoms with E-state index in [9.17, 15) is 9.90 Å². The number of para-hydroxylation sites is 1. The molecule has 0 radical (unpaired) electrons. The summed E-state index contributed by atoms with van der Waals surface area (Å²) in [5, 5.41) is 11.2. The van der Waals surface area contributed by atoms with E-state index in [1.165, 1.54) is 0 Å². The summed E-state index contributed by atoms with van der Waals surface area (Å²) in [5.74, 6) is -0.0262. The van der Waals surface area contributed by atoms with Crippen molar-refractivity contribution in [2.75, 3.05) is 14.2 Å². The van der Waals surface area contributed by atoms with E-state index in [4.69, 9.17) is 14.5 Å². The fourth-order valence-electron chi connectivity index (χ4n) is 3.47. The number of fused-ring (bicyclic) bond motifs is 2. The number of carbonyl (C=O) groups is 1. The SMILES string of the molecule is COc1cc2nc3ccccc3c(C(=O)O)c2c(-c2ccccc2)c1OC. The van der Waals surface area contributed by atoms with Gasteiger partial charge in [0.15, 0.2) is 11.5 Å². The Bertz CT molecular complexity index is 1170. The summed E-state index contributed by atoms with van der Waals surface area (Å²) in [6.45, 7) is 0. The first-order valence-electron chi connectivity index (χ1n) is 8.42. The molecule has 0 fully saturated rings. The van der Waals surface area contributed by atoms with Crippen molar-refractivity contribution in [2.45, 2.75) is 0 Å². The molecule has 0 aliphatic rings. The first-order valence-corrected chi connectivity index (χ1v) is 8.42. The zero-order valence-electron chi connectivity index (χ0n) is 14.9. The summed E-state index contributed by atoms with van der Waals surface area (Å²) in [6, 6.07) is 18.5. The predicted octanol–water partition coefficient (Wildman–Crippen LogP) is 4.77. The Labute approximate surface area is 155 Å². The minimum absolute atomic E-state index is 0.204. The van der Waals surface area contributed by atoms with Crippen LogP contribution in [0.25, 0.3) is 32.9 Å². The lowest BCUT2D eigenvalue weighted by molar-refractivity contribution is 0.0701. The number of hydrogen-bond acceptors (Lipinski definition) is 4. The van der Waals surface area contributed by atoms with Gasteiger partial charge in [0.05, 0.1) is 30.8 Å². The van der Waals surface area contributed by atoms with E-state index in [2.05, 4.69) is 0 Å². The average Bonchev–Trinajstić information content (AvgIpc) is 2.70. The standard InChI is InChI=1S/C22H17NO4/c1-26-17-12-16-20(18(21(17)27-2)13-8-4-3-5-9-13)19(22(24)25)14-10-6-7-11-15(14)23-16/h3-12H,1-2H3,(H,24,25). The highest BCUT2D eigenvalue weighted by Gasteiger charge is 2.24. The molecule has 1 heterocycles. The van der Waals surface area contributed by atoms with Crippen LogP contribution in [-0.4, -0.2) is 30.3 Å². The number of rotatable bonds is 4. The Morgan fingerprint density at radius 3 is 2.30 bits per heavy atom. The van der Waals surface area contributed by atoms with Crippen molar-refractivity contribution in [3.8, 4) is 22.6 Å². The fourth-order valence-corrected chi connectivity index (χ4v) is 3.47. The fraction of sp³-hybridized carbons (Fsp3) is 0.0909. The van der Waals surface area contributed by atoms with Crippen LogP contribution in [0.3, 0.4) is 0 Å². The number of hydrogen-bond donors (Lipinski definition) is 1. The van der Waals surface area contributed by atoms with E-state index < -0.39 is 5.97 Å². The van der Waals surface area contributed by atoms with E-state index in [0.29, 0.717) is 38.9 Å². The van der Waals surface area contributed by atoms with Crippen molar-refractivity contribution in [3.05, 3.63) is 66.2 Å². The molecule has 3 aromatic carbocycles. The van der Waals surface area contributed by atoms with Crippen LogP contribution < -0.4 is 9.47 Å². The van der Waals surface area contributed by atoms with E-state index in [-0.39, 0.29) is 5.56 Å². The second kappa shape index (κ2) is 6.61. The maximum Gasteiger partial charge on any atom is 0.337 e. The number of methoxy groups -OCH3 is 2. The van der Waals surface area contributed by atoms with Gasteiger partial charge >= 0.3 is 5.97 Å². The van der Waals surface area contributed by atoms with Gasteiger partial charge in [-0.15, -0.1) is 0 Å². The first-order chi connectivity index (χ1) is 13.2. The second-order valence-electron chi connectivity index (χ2n) is 6.06. The Kier molecular flexibility index (Phi) is 4.12. The van der Waals surface area contributed by atoms with Crippen molar-refractivity contribution < 1.29 is 19.4 Å². The summed E-state index contributed by atoms with van der Waals surface area (Å²) >= 11 is 0. The van der Waals surface area contributed by atoms with E-state index >= 15 is 0 Å². The topological polar surface area (TPSA) is 68.7 Å². The third-order valence-corrected chi connectivity index (χ3v) is 4.59. The molecule has 0 bridgehead atoms. The molecule has 0 saturated heterocycles. The summed E-state index contributed by atoms with van der Waals surface area (Å²) in [6.07, 6.45) is 0. The highest BCUT2D eigenvalue weighted by molar-refractivity contribution is 6.19. The lowest BCUT2D eigenvalue weighted by Crippen LogP contribution is -2.04. The molecule has 0 aliphatic heterocycles.